The number of phosphoric acid groups is 1. The molecule has 0 aromatic carbocycles. The van der Waals surface area contributed by atoms with Gasteiger partial charge in [-0.3, -0.25) is 18.6 Å². The number of carbonyl (C=O) groups is 2. The molecule has 0 aliphatic rings. The molecule has 0 radical (unpaired) electrons. The quantitative estimate of drug-likeness (QED) is 0.0211. The molecule has 0 bridgehead atoms. The van der Waals surface area contributed by atoms with E-state index in [0.29, 0.717) is 17.4 Å². The molecule has 0 aliphatic heterocycles. The summed E-state index contributed by atoms with van der Waals surface area (Å²) in [6, 6.07) is 0. The van der Waals surface area contributed by atoms with Gasteiger partial charge in [-0.15, -0.1) is 0 Å². The van der Waals surface area contributed by atoms with E-state index in [-0.39, 0.29) is 32.0 Å². The first-order valence-electron chi connectivity index (χ1n) is 31.2. The molecule has 80 heavy (non-hydrogen) atoms. The lowest BCUT2D eigenvalue weighted by Crippen LogP contribution is -2.37. The van der Waals surface area contributed by atoms with Crippen LogP contribution in [0.5, 0.6) is 0 Å². The van der Waals surface area contributed by atoms with Gasteiger partial charge in [-0.25, -0.2) is 4.57 Å². The number of unbranched alkanes of at least 4 members (excludes halogenated alkanes) is 15. The Labute approximate surface area is 490 Å². The van der Waals surface area contributed by atoms with Crippen LogP contribution in [0.1, 0.15) is 219 Å². The Kier molecular flexibility index (Phi) is 56.0. The Hall–Kier alpha value is -4.37. The fraction of sp³-hybridized carbons (Fsp3) is 0.600. The van der Waals surface area contributed by atoms with Crippen LogP contribution in [0.2, 0.25) is 0 Å². The summed E-state index contributed by atoms with van der Waals surface area (Å²) >= 11 is 0. The summed E-state index contributed by atoms with van der Waals surface area (Å²) < 4.78 is 34.6. The third-order valence-corrected chi connectivity index (χ3v) is 13.5. The summed E-state index contributed by atoms with van der Waals surface area (Å²) in [5.74, 6) is -0.836. The zero-order valence-electron chi connectivity index (χ0n) is 51.2. The first kappa shape index (κ1) is 75.6. The number of phosphoric ester groups is 1. The van der Waals surface area contributed by atoms with Gasteiger partial charge >= 0.3 is 19.8 Å². The van der Waals surface area contributed by atoms with E-state index >= 15 is 0 Å². The molecule has 452 valence electrons. The van der Waals surface area contributed by atoms with Gasteiger partial charge in [0.05, 0.1) is 27.7 Å². The number of likely N-dealkylation sites (N-methyl/N-ethyl adjacent to an activating group) is 1. The minimum Gasteiger partial charge on any atom is -0.462 e. The molecule has 9 nitrogen and oxygen atoms in total. The van der Waals surface area contributed by atoms with Crippen LogP contribution in [0.15, 0.2) is 158 Å². The Morgan fingerprint density at radius 1 is 0.388 bits per heavy atom. The average molecular weight is 1130 g/mol. The first-order valence-corrected chi connectivity index (χ1v) is 32.7. The molecule has 0 saturated carbocycles. The van der Waals surface area contributed by atoms with E-state index in [4.69, 9.17) is 18.5 Å². The van der Waals surface area contributed by atoms with E-state index in [2.05, 4.69) is 172 Å². The van der Waals surface area contributed by atoms with E-state index in [1.807, 2.05) is 21.1 Å². The third-order valence-electron chi connectivity index (χ3n) is 12.6. The number of nitrogens with zero attached hydrogens (tertiary/aromatic N) is 1. The van der Waals surface area contributed by atoms with Crippen molar-refractivity contribution >= 4 is 19.8 Å². The standard InChI is InChI=1S/C70H114NO8P/c1-6-8-10-12-14-16-18-20-22-24-26-28-30-32-34-35-37-38-40-42-44-46-48-50-52-54-56-58-60-62-69(72)76-66-68(67-78-80(74,75)77-65-64-71(3,4)5)79-70(73)63-61-59-57-55-53-51-49-47-45-43-41-39-36-33-31-29-27-25-23-21-19-17-15-13-11-9-7-2/h8-11,14-17,20-23,26-29,32-34,36-38,41,43,47,49,68H,6-7,12-13,18-19,24-25,30-31,35,39-40,42,44-46,48,50-67H2,1-5H3/p+1/b10-8-,11-9-,16-14-,17-15-,22-20-,23-21-,28-26-,29-27-,34-32-,36-33-,38-37-,43-41-,49-47-. The summed E-state index contributed by atoms with van der Waals surface area (Å²) in [5, 5.41) is 0. The molecule has 0 heterocycles. The number of rotatable bonds is 55. The molecule has 0 fully saturated rings. The average Bonchev–Trinajstić information content (AvgIpc) is 3.42. The third kappa shape index (κ3) is 62.8. The van der Waals surface area contributed by atoms with Gasteiger partial charge in [-0.1, -0.05) is 242 Å². The summed E-state index contributed by atoms with van der Waals surface area (Å²) in [6.45, 7) is 4.16. The molecule has 0 rings (SSSR count). The van der Waals surface area contributed by atoms with Gasteiger partial charge in [0.1, 0.15) is 19.8 Å². The maximum Gasteiger partial charge on any atom is 0.472 e. The van der Waals surface area contributed by atoms with Crippen LogP contribution in [0, 0.1) is 0 Å². The van der Waals surface area contributed by atoms with Crippen LogP contribution >= 0.6 is 7.82 Å². The van der Waals surface area contributed by atoms with E-state index in [1.54, 1.807) is 0 Å². The van der Waals surface area contributed by atoms with Crippen molar-refractivity contribution in [1.29, 1.82) is 0 Å². The van der Waals surface area contributed by atoms with E-state index in [9.17, 15) is 19.0 Å². The highest BCUT2D eigenvalue weighted by atomic mass is 31.2. The second kappa shape index (κ2) is 59.3. The Morgan fingerprint density at radius 2 is 0.675 bits per heavy atom. The predicted octanol–water partition coefficient (Wildman–Crippen LogP) is 20.0. The fourth-order valence-electron chi connectivity index (χ4n) is 7.82. The Bertz CT molecular complexity index is 1900. The minimum absolute atomic E-state index is 0.0175. The summed E-state index contributed by atoms with van der Waals surface area (Å²) in [7, 11) is 1.44. The van der Waals surface area contributed by atoms with Crippen molar-refractivity contribution in [1.82, 2.24) is 0 Å². The van der Waals surface area contributed by atoms with Gasteiger partial charge in [0, 0.05) is 12.8 Å². The lowest BCUT2D eigenvalue weighted by molar-refractivity contribution is -0.870. The smallest absolute Gasteiger partial charge is 0.462 e. The highest BCUT2D eigenvalue weighted by Gasteiger charge is 2.27. The van der Waals surface area contributed by atoms with Crippen LogP contribution in [-0.2, 0) is 32.7 Å². The second-order valence-electron chi connectivity index (χ2n) is 21.3. The lowest BCUT2D eigenvalue weighted by atomic mass is 10.1. The topological polar surface area (TPSA) is 108 Å². The Balaban J connectivity index is 4.24. The molecule has 0 aromatic heterocycles. The highest BCUT2D eigenvalue weighted by molar-refractivity contribution is 7.47. The van der Waals surface area contributed by atoms with Gasteiger partial charge in [-0.2, -0.15) is 0 Å². The zero-order valence-corrected chi connectivity index (χ0v) is 52.1. The lowest BCUT2D eigenvalue weighted by Gasteiger charge is -2.24. The molecule has 2 atom stereocenters. The normalized spacial score (nSPS) is 14.3. The minimum atomic E-state index is -4.41. The van der Waals surface area contributed by atoms with Crippen LogP contribution in [0.4, 0.5) is 0 Å². The number of ether oxygens (including phenoxy) is 2. The van der Waals surface area contributed by atoms with Crippen molar-refractivity contribution in [2.24, 2.45) is 0 Å². The van der Waals surface area contributed by atoms with Crippen molar-refractivity contribution < 1.29 is 42.1 Å². The SMILES string of the molecule is CC/C=C\C/C=C\C/C=C\C/C=C\C/C=C\C/C=C\C/C=C\CCCCCCCC(=O)OC(COC(=O)CCCCCCCCCCCC/C=C\C/C=C\C/C=C\C/C=C\C/C=C\C/C=C\CC)COP(=O)(O)OCC[N+](C)(C)C. The van der Waals surface area contributed by atoms with Gasteiger partial charge in [0.2, 0.25) is 0 Å². The summed E-state index contributed by atoms with van der Waals surface area (Å²) in [5.41, 5.74) is 0. The van der Waals surface area contributed by atoms with Crippen LogP contribution in [0.3, 0.4) is 0 Å². The molecule has 1 N–H and O–H groups in total. The fourth-order valence-corrected chi connectivity index (χ4v) is 8.56. The van der Waals surface area contributed by atoms with Gasteiger partial charge < -0.3 is 18.9 Å². The number of carbonyl (C=O) groups excluding carboxylic acids is 2. The van der Waals surface area contributed by atoms with Crippen molar-refractivity contribution in [3.63, 3.8) is 0 Å². The van der Waals surface area contributed by atoms with Crippen molar-refractivity contribution in [3.05, 3.63) is 158 Å². The summed E-state index contributed by atoms with van der Waals surface area (Å²) in [4.78, 5) is 35.8. The van der Waals surface area contributed by atoms with E-state index in [0.717, 1.165) is 148 Å². The number of hydrogen-bond donors (Lipinski definition) is 1. The molecule has 0 amide bonds. The van der Waals surface area contributed by atoms with Crippen molar-refractivity contribution in [3.8, 4) is 0 Å². The maximum atomic E-state index is 12.8. The molecule has 10 heteroatoms. The number of quaternary nitrogens is 1. The van der Waals surface area contributed by atoms with Gasteiger partial charge in [-0.05, 0) is 122 Å². The molecule has 0 saturated heterocycles. The number of hydrogen-bond acceptors (Lipinski definition) is 7. The highest BCUT2D eigenvalue weighted by Crippen LogP contribution is 2.43. The van der Waals surface area contributed by atoms with E-state index < -0.39 is 26.5 Å². The monoisotopic (exact) mass is 1130 g/mol. The summed E-state index contributed by atoms with van der Waals surface area (Å²) in [6.07, 6.45) is 88.8. The zero-order chi connectivity index (χ0) is 58.4. The van der Waals surface area contributed by atoms with Crippen molar-refractivity contribution in [2.75, 3.05) is 47.5 Å². The first-order chi connectivity index (χ1) is 39.0. The predicted molar refractivity (Wildman–Crippen MR) is 343 cm³/mol. The maximum absolute atomic E-state index is 12.8. The van der Waals surface area contributed by atoms with Gasteiger partial charge in [0.25, 0.3) is 0 Å². The van der Waals surface area contributed by atoms with E-state index in [1.165, 1.54) is 38.5 Å². The van der Waals surface area contributed by atoms with Crippen LogP contribution in [0.25, 0.3) is 0 Å². The molecular formula is C70H115NO8P+. The number of allylic oxidation sites excluding steroid dienone is 26. The molecule has 0 spiro atoms. The van der Waals surface area contributed by atoms with Crippen molar-refractivity contribution in [2.45, 2.75) is 225 Å². The van der Waals surface area contributed by atoms with Gasteiger partial charge in [0.15, 0.2) is 6.10 Å². The molecular weight excluding hydrogens is 1010 g/mol. The second-order valence-corrected chi connectivity index (χ2v) is 22.8. The molecule has 2 unspecified atom stereocenters. The van der Waals surface area contributed by atoms with Crippen LogP contribution < -0.4 is 0 Å². The molecule has 0 aliphatic carbocycles. The molecule has 0 aromatic rings. The Morgan fingerprint density at radius 3 is 1.00 bits per heavy atom. The largest absolute Gasteiger partial charge is 0.472 e. The van der Waals surface area contributed by atoms with Crippen LogP contribution in [-0.4, -0.2) is 74.9 Å². The number of esters is 2.